The fraction of sp³-hybridized carbons (Fsp3) is 0.462. The second-order valence-electron chi connectivity index (χ2n) is 4.51. The van der Waals surface area contributed by atoms with Crippen LogP contribution in [0.4, 0.5) is 4.79 Å². The van der Waals surface area contributed by atoms with Gasteiger partial charge < -0.3 is 10.2 Å². The van der Waals surface area contributed by atoms with E-state index in [1.807, 2.05) is 12.1 Å². The van der Waals surface area contributed by atoms with Crippen LogP contribution in [0.25, 0.3) is 0 Å². The predicted octanol–water partition coefficient (Wildman–Crippen LogP) is 4.32. The van der Waals surface area contributed by atoms with Gasteiger partial charge in [-0.2, -0.15) is 0 Å². The van der Waals surface area contributed by atoms with Crippen LogP contribution in [-0.4, -0.2) is 16.4 Å². The first-order chi connectivity index (χ1) is 7.91. The van der Waals surface area contributed by atoms with Gasteiger partial charge in [-0.05, 0) is 41.9 Å². The van der Waals surface area contributed by atoms with Crippen LogP contribution in [0.3, 0.4) is 0 Å². The molecule has 1 aromatic carbocycles. The van der Waals surface area contributed by atoms with Gasteiger partial charge in [0.25, 0.3) is 0 Å². The highest BCUT2D eigenvalue weighted by atomic mass is 35.5. The molecule has 0 bridgehead atoms. The van der Waals surface area contributed by atoms with Crippen LogP contribution in [0.15, 0.2) is 24.3 Å². The first kappa shape index (κ1) is 13.8. The molecule has 0 radical (unpaired) electrons. The summed E-state index contributed by atoms with van der Waals surface area (Å²) in [4.78, 5) is 8.56. The van der Waals surface area contributed by atoms with Crippen LogP contribution in [0.5, 0.6) is 0 Å². The average molecular weight is 257 g/mol. The highest BCUT2D eigenvalue weighted by Crippen LogP contribution is 2.46. The van der Waals surface area contributed by atoms with E-state index in [0.717, 1.165) is 22.8 Å². The number of benzene rings is 1. The molecule has 1 aromatic rings. The van der Waals surface area contributed by atoms with Crippen molar-refractivity contribution in [2.45, 2.75) is 26.2 Å². The second kappa shape index (κ2) is 5.92. The van der Waals surface area contributed by atoms with Gasteiger partial charge in [0.05, 0.1) is 0 Å². The minimum Gasteiger partial charge on any atom is -0.450 e. The molecule has 0 aliphatic heterocycles. The summed E-state index contributed by atoms with van der Waals surface area (Å²) in [5, 5.41) is 14.8. The standard InChI is InChI=1S/C12H15Cl.CH2O3/c1-8-7-12(9(8)2)10-3-5-11(13)6-4-10;2-1(3)4/h3-6,8-9,12H,7H2,1-2H3;(H2,2,3,4). The molecule has 17 heavy (non-hydrogen) atoms. The molecule has 0 heterocycles. The Kier molecular flexibility index (Phi) is 4.82. The molecule has 0 saturated heterocycles. The van der Waals surface area contributed by atoms with Crippen molar-refractivity contribution in [1.82, 2.24) is 0 Å². The summed E-state index contributed by atoms with van der Waals surface area (Å²) in [5.41, 5.74) is 1.45. The largest absolute Gasteiger partial charge is 0.503 e. The molecular formula is C13H17ClO3. The van der Waals surface area contributed by atoms with Crippen LogP contribution in [-0.2, 0) is 0 Å². The topological polar surface area (TPSA) is 57.5 Å². The Hall–Kier alpha value is -1.22. The minimum absolute atomic E-state index is 0.771. The maximum atomic E-state index is 8.56. The monoisotopic (exact) mass is 256 g/mol. The molecule has 3 nitrogen and oxygen atoms in total. The van der Waals surface area contributed by atoms with Crippen LogP contribution >= 0.6 is 11.6 Å². The van der Waals surface area contributed by atoms with E-state index in [2.05, 4.69) is 26.0 Å². The summed E-state index contributed by atoms with van der Waals surface area (Å²) < 4.78 is 0. The highest BCUT2D eigenvalue weighted by molar-refractivity contribution is 6.30. The van der Waals surface area contributed by atoms with Gasteiger partial charge >= 0.3 is 6.16 Å². The molecule has 1 aliphatic carbocycles. The zero-order valence-electron chi connectivity index (χ0n) is 9.93. The summed E-state index contributed by atoms with van der Waals surface area (Å²) >= 11 is 5.84. The van der Waals surface area contributed by atoms with Crippen molar-refractivity contribution in [1.29, 1.82) is 0 Å². The molecule has 0 amide bonds. The van der Waals surface area contributed by atoms with E-state index in [4.69, 9.17) is 26.6 Å². The highest BCUT2D eigenvalue weighted by Gasteiger charge is 2.34. The Morgan fingerprint density at radius 3 is 2.06 bits per heavy atom. The van der Waals surface area contributed by atoms with Gasteiger partial charge in [-0.25, -0.2) is 4.79 Å². The number of hydrogen-bond donors (Lipinski definition) is 2. The SMILES string of the molecule is CC1CC(c2ccc(Cl)cc2)C1C.O=C(O)O. The van der Waals surface area contributed by atoms with Crippen molar-refractivity contribution in [2.75, 3.05) is 0 Å². The maximum Gasteiger partial charge on any atom is 0.503 e. The lowest BCUT2D eigenvalue weighted by molar-refractivity contribution is 0.137. The minimum atomic E-state index is -1.83. The van der Waals surface area contributed by atoms with Crippen molar-refractivity contribution in [3.63, 3.8) is 0 Å². The third kappa shape index (κ3) is 3.93. The molecule has 3 atom stereocenters. The quantitative estimate of drug-likeness (QED) is 0.787. The van der Waals surface area contributed by atoms with E-state index in [1.165, 1.54) is 12.0 Å². The predicted molar refractivity (Wildman–Crippen MR) is 67.8 cm³/mol. The van der Waals surface area contributed by atoms with Gasteiger partial charge in [0, 0.05) is 5.02 Å². The van der Waals surface area contributed by atoms with Gasteiger partial charge in [-0.1, -0.05) is 37.6 Å². The molecule has 1 aliphatic rings. The van der Waals surface area contributed by atoms with Gasteiger partial charge in [0.2, 0.25) is 0 Å². The molecule has 2 N–H and O–H groups in total. The van der Waals surface area contributed by atoms with Crippen molar-refractivity contribution in [2.24, 2.45) is 11.8 Å². The zero-order chi connectivity index (χ0) is 13.0. The number of carbonyl (C=O) groups is 1. The van der Waals surface area contributed by atoms with Gasteiger partial charge in [0.15, 0.2) is 0 Å². The van der Waals surface area contributed by atoms with Crippen LogP contribution in [0.1, 0.15) is 31.7 Å². The third-order valence-electron chi connectivity index (χ3n) is 3.46. The summed E-state index contributed by atoms with van der Waals surface area (Å²) in [6.45, 7) is 4.67. The molecular weight excluding hydrogens is 240 g/mol. The summed E-state index contributed by atoms with van der Waals surface area (Å²) in [6.07, 6.45) is -0.497. The van der Waals surface area contributed by atoms with Crippen molar-refractivity contribution in [3.8, 4) is 0 Å². The zero-order valence-corrected chi connectivity index (χ0v) is 10.7. The second-order valence-corrected chi connectivity index (χ2v) is 4.95. The molecule has 1 saturated carbocycles. The lowest BCUT2D eigenvalue weighted by atomic mass is 9.64. The van der Waals surface area contributed by atoms with Gasteiger partial charge in [0.1, 0.15) is 0 Å². The van der Waals surface area contributed by atoms with E-state index >= 15 is 0 Å². The molecule has 2 rings (SSSR count). The van der Waals surface area contributed by atoms with E-state index in [0.29, 0.717) is 0 Å². The molecule has 1 fully saturated rings. The number of hydrogen-bond acceptors (Lipinski definition) is 1. The smallest absolute Gasteiger partial charge is 0.450 e. The van der Waals surface area contributed by atoms with Gasteiger partial charge in [-0.3, -0.25) is 0 Å². The Bertz CT molecular complexity index is 371. The van der Waals surface area contributed by atoms with Crippen LogP contribution in [0, 0.1) is 11.8 Å². The molecule has 0 aromatic heterocycles. The average Bonchev–Trinajstić information content (AvgIpc) is 2.26. The summed E-state index contributed by atoms with van der Waals surface area (Å²) in [6, 6.07) is 8.31. The van der Waals surface area contributed by atoms with E-state index in [1.54, 1.807) is 0 Å². The van der Waals surface area contributed by atoms with Crippen molar-refractivity contribution >= 4 is 17.8 Å². The number of carboxylic acid groups (broad SMARTS) is 2. The Morgan fingerprint density at radius 1 is 1.24 bits per heavy atom. The first-order valence-corrected chi connectivity index (χ1v) is 5.97. The molecule has 0 spiro atoms. The van der Waals surface area contributed by atoms with Crippen molar-refractivity contribution < 1.29 is 15.0 Å². The normalized spacial score (nSPS) is 26.4. The number of rotatable bonds is 1. The third-order valence-corrected chi connectivity index (χ3v) is 3.71. The lowest BCUT2D eigenvalue weighted by Gasteiger charge is -2.41. The van der Waals surface area contributed by atoms with E-state index < -0.39 is 6.16 Å². The van der Waals surface area contributed by atoms with Crippen molar-refractivity contribution in [3.05, 3.63) is 34.9 Å². The Labute approximate surface area is 106 Å². The fourth-order valence-corrected chi connectivity index (χ4v) is 2.31. The number of halogens is 1. The van der Waals surface area contributed by atoms with Gasteiger partial charge in [-0.15, -0.1) is 0 Å². The Balaban J connectivity index is 0.000000317. The Morgan fingerprint density at radius 2 is 1.71 bits per heavy atom. The van der Waals surface area contributed by atoms with E-state index in [-0.39, 0.29) is 0 Å². The molecule has 4 heteroatoms. The van der Waals surface area contributed by atoms with E-state index in [9.17, 15) is 0 Å². The summed E-state index contributed by atoms with van der Waals surface area (Å²) in [5.74, 6) is 2.49. The lowest BCUT2D eigenvalue weighted by Crippen LogP contribution is -2.30. The maximum absolute atomic E-state index is 8.56. The first-order valence-electron chi connectivity index (χ1n) is 5.59. The van der Waals surface area contributed by atoms with Crippen LogP contribution in [0.2, 0.25) is 5.02 Å². The van der Waals surface area contributed by atoms with Crippen LogP contribution < -0.4 is 0 Å². The fourth-order valence-electron chi connectivity index (χ4n) is 2.18. The molecule has 3 unspecified atom stereocenters. The molecule has 94 valence electrons. The summed E-state index contributed by atoms with van der Waals surface area (Å²) in [7, 11) is 0.